The zero-order chi connectivity index (χ0) is 15.6. The number of aromatic nitrogens is 7. The van der Waals surface area contributed by atoms with E-state index in [0.717, 1.165) is 33.8 Å². The molecule has 114 valence electrons. The molecular formula is C15H14N8. The third-order valence-electron chi connectivity index (χ3n) is 3.61. The van der Waals surface area contributed by atoms with Crippen molar-refractivity contribution in [3.05, 3.63) is 48.2 Å². The van der Waals surface area contributed by atoms with E-state index in [-0.39, 0.29) is 0 Å². The second kappa shape index (κ2) is 5.48. The molecular weight excluding hydrogens is 292 g/mol. The minimum absolute atomic E-state index is 0.638. The molecule has 23 heavy (non-hydrogen) atoms. The topological polar surface area (TPSA) is 108 Å². The van der Waals surface area contributed by atoms with Crippen molar-refractivity contribution in [2.45, 2.75) is 13.5 Å². The number of hydrogen-bond donors (Lipinski definition) is 3. The van der Waals surface area contributed by atoms with Crippen LogP contribution in [0.15, 0.2) is 36.9 Å². The normalized spacial score (nSPS) is 11.0. The second-order valence-electron chi connectivity index (χ2n) is 5.16. The highest BCUT2D eigenvalue weighted by Crippen LogP contribution is 2.22. The first-order valence-corrected chi connectivity index (χ1v) is 7.15. The van der Waals surface area contributed by atoms with Crippen molar-refractivity contribution in [3.8, 4) is 11.4 Å². The van der Waals surface area contributed by atoms with Gasteiger partial charge in [0.05, 0.1) is 5.39 Å². The molecule has 0 saturated carbocycles. The quantitative estimate of drug-likeness (QED) is 0.532. The van der Waals surface area contributed by atoms with E-state index in [9.17, 15) is 0 Å². The number of benzene rings is 1. The third-order valence-corrected chi connectivity index (χ3v) is 3.61. The van der Waals surface area contributed by atoms with Crippen LogP contribution in [0, 0.1) is 6.92 Å². The molecule has 0 aliphatic carbocycles. The highest BCUT2D eigenvalue weighted by Gasteiger charge is 2.09. The summed E-state index contributed by atoms with van der Waals surface area (Å²) in [6, 6.07) is 8.10. The summed E-state index contributed by atoms with van der Waals surface area (Å²) in [5.74, 6) is 1.52. The predicted molar refractivity (Wildman–Crippen MR) is 85.6 cm³/mol. The van der Waals surface area contributed by atoms with E-state index in [1.165, 1.54) is 12.7 Å². The lowest BCUT2D eigenvalue weighted by Gasteiger charge is -2.07. The number of aromatic amines is 2. The summed E-state index contributed by atoms with van der Waals surface area (Å²) in [4.78, 5) is 12.6. The Bertz CT molecular complexity index is 941. The highest BCUT2D eigenvalue weighted by molar-refractivity contribution is 5.88. The van der Waals surface area contributed by atoms with Crippen LogP contribution in [0.3, 0.4) is 0 Å². The van der Waals surface area contributed by atoms with Crippen LogP contribution in [0.1, 0.15) is 11.3 Å². The molecule has 1 aromatic carbocycles. The number of fused-ring (bicyclic) bond motifs is 1. The van der Waals surface area contributed by atoms with E-state index in [1.807, 2.05) is 25.1 Å². The molecule has 0 atom stereocenters. The van der Waals surface area contributed by atoms with Crippen LogP contribution in [0.25, 0.3) is 22.4 Å². The maximum atomic E-state index is 4.32. The lowest BCUT2D eigenvalue weighted by atomic mass is 10.1. The fourth-order valence-corrected chi connectivity index (χ4v) is 2.49. The van der Waals surface area contributed by atoms with E-state index in [2.05, 4.69) is 46.7 Å². The summed E-state index contributed by atoms with van der Waals surface area (Å²) in [5.41, 5.74) is 3.72. The SMILES string of the molecule is Cc1[nH]nc2ncnc(NCc3cccc(-c4ncn[nH]4)c3)c12. The minimum atomic E-state index is 0.638. The van der Waals surface area contributed by atoms with Gasteiger partial charge >= 0.3 is 0 Å². The van der Waals surface area contributed by atoms with E-state index < -0.39 is 0 Å². The number of H-pyrrole nitrogens is 2. The van der Waals surface area contributed by atoms with Crippen LogP contribution in [0.5, 0.6) is 0 Å². The molecule has 0 saturated heterocycles. The molecule has 3 N–H and O–H groups in total. The predicted octanol–water partition coefficient (Wildman–Crippen LogP) is 2.06. The molecule has 0 amide bonds. The van der Waals surface area contributed by atoms with Gasteiger partial charge in [-0.1, -0.05) is 18.2 Å². The first-order chi connectivity index (χ1) is 11.3. The van der Waals surface area contributed by atoms with Crippen molar-refractivity contribution in [1.82, 2.24) is 35.3 Å². The molecule has 4 rings (SSSR count). The Hall–Kier alpha value is -3.29. The molecule has 3 heterocycles. The van der Waals surface area contributed by atoms with E-state index in [4.69, 9.17) is 0 Å². The molecule has 0 aliphatic heterocycles. The van der Waals surface area contributed by atoms with Crippen molar-refractivity contribution >= 4 is 16.9 Å². The average molecular weight is 306 g/mol. The molecule has 0 fully saturated rings. The molecule has 0 unspecified atom stereocenters. The minimum Gasteiger partial charge on any atom is -0.365 e. The summed E-state index contributed by atoms with van der Waals surface area (Å²) in [6.07, 6.45) is 3.01. The molecule has 0 bridgehead atoms. The Morgan fingerprint density at radius 2 is 2.04 bits per heavy atom. The lowest BCUT2D eigenvalue weighted by molar-refractivity contribution is 1.05. The van der Waals surface area contributed by atoms with Gasteiger partial charge in [-0.25, -0.2) is 15.0 Å². The monoisotopic (exact) mass is 306 g/mol. The number of nitrogens with zero attached hydrogens (tertiary/aromatic N) is 5. The molecule has 4 aromatic rings. The van der Waals surface area contributed by atoms with Crippen LogP contribution >= 0.6 is 0 Å². The summed E-state index contributed by atoms with van der Waals surface area (Å²) in [6.45, 7) is 2.59. The van der Waals surface area contributed by atoms with Crippen molar-refractivity contribution < 1.29 is 0 Å². The highest BCUT2D eigenvalue weighted by atomic mass is 15.2. The fraction of sp³-hybridized carbons (Fsp3) is 0.133. The standard InChI is InChI=1S/C15H14N8/c1-9-12-14(17-7-18-15(12)23-21-9)16-6-10-3-2-4-11(5-10)13-19-8-20-22-13/h2-5,7-8H,6H2,1H3,(H,19,20,22)(H2,16,17,18,21,23). The van der Waals surface area contributed by atoms with E-state index in [1.54, 1.807) is 0 Å². The molecule has 8 nitrogen and oxygen atoms in total. The Labute approximate surface area is 131 Å². The van der Waals surface area contributed by atoms with Crippen LogP contribution in [-0.4, -0.2) is 35.3 Å². The smallest absolute Gasteiger partial charge is 0.186 e. The Balaban J connectivity index is 1.59. The third kappa shape index (κ3) is 2.50. The maximum Gasteiger partial charge on any atom is 0.186 e. The van der Waals surface area contributed by atoms with Gasteiger partial charge in [0.1, 0.15) is 18.5 Å². The number of rotatable bonds is 4. The number of nitrogens with one attached hydrogen (secondary N) is 3. The van der Waals surface area contributed by atoms with Gasteiger partial charge in [-0.3, -0.25) is 10.2 Å². The van der Waals surface area contributed by atoms with Crippen molar-refractivity contribution in [2.75, 3.05) is 5.32 Å². The largest absolute Gasteiger partial charge is 0.365 e. The molecule has 8 heteroatoms. The van der Waals surface area contributed by atoms with Crippen LogP contribution in [0.2, 0.25) is 0 Å². The summed E-state index contributed by atoms with van der Waals surface area (Å²) in [5, 5.41) is 18.1. The van der Waals surface area contributed by atoms with Gasteiger partial charge in [0.15, 0.2) is 11.5 Å². The fourth-order valence-electron chi connectivity index (χ4n) is 2.49. The van der Waals surface area contributed by atoms with Crippen molar-refractivity contribution in [1.29, 1.82) is 0 Å². The van der Waals surface area contributed by atoms with Gasteiger partial charge in [0, 0.05) is 17.8 Å². The first kappa shape index (κ1) is 13.4. The van der Waals surface area contributed by atoms with Crippen molar-refractivity contribution in [2.24, 2.45) is 0 Å². The Kier molecular flexibility index (Phi) is 3.19. The summed E-state index contributed by atoms with van der Waals surface area (Å²) < 4.78 is 0. The van der Waals surface area contributed by atoms with Gasteiger partial charge in [-0.2, -0.15) is 10.2 Å². The van der Waals surface area contributed by atoms with Gasteiger partial charge in [0.25, 0.3) is 0 Å². The lowest BCUT2D eigenvalue weighted by Crippen LogP contribution is -2.02. The van der Waals surface area contributed by atoms with E-state index in [0.29, 0.717) is 12.2 Å². The van der Waals surface area contributed by atoms with Crippen molar-refractivity contribution in [3.63, 3.8) is 0 Å². The van der Waals surface area contributed by atoms with Crippen LogP contribution in [0.4, 0.5) is 5.82 Å². The van der Waals surface area contributed by atoms with Gasteiger partial charge in [-0.05, 0) is 18.6 Å². The molecule has 0 spiro atoms. The molecule has 0 aliphatic rings. The van der Waals surface area contributed by atoms with E-state index >= 15 is 0 Å². The van der Waals surface area contributed by atoms with Crippen LogP contribution < -0.4 is 5.32 Å². The van der Waals surface area contributed by atoms with Gasteiger partial charge in [-0.15, -0.1) is 0 Å². The number of aryl methyl sites for hydroxylation is 1. The molecule has 0 radical (unpaired) electrons. The zero-order valence-corrected chi connectivity index (χ0v) is 12.4. The van der Waals surface area contributed by atoms with Gasteiger partial charge < -0.3 is 5.32 Å². The first-order valence-electron chi connectivity index (χ1n) is 7.15. The summed E-state index contributed by atoms with van der Waals surface area (Å²) >= 11 is 0. The average Bonchev–Trinajstić information content (AvgIpc) is 3.24. The number of anilines is 1. The second-order valence-corrected chi connectivity index (χ2v) is 5.16. The van der Waals surface area contributed by atoms with Gasteiger partial charge in [0.2, 0.25) is 0 Å². The summed E-state index contributed by atoms with van der Waals surface area (Å²) in [7, 11) is 0. The Morgan fingerprint density at radius 1 is 1.09 bits per heavy atom. The maximum absolute atomic E-state index is 4.32. The number of hydrogen-bond acceptors (Lipinski definition) is 6. The molecule has 3 aromatic heterocycles. The Morgan fingerprint density at radius 3 is 2.91 bits per heavy atom. The zero-order valence-electron chi connectivity index (χ0n) is 12.4. The van der Waals surface area contributed by atoms with Crippen LogP contribution in [-0.2, 0) is 6.54 Å².